The molecule has 0 bridgehead atoms. The Morgan fingerprint density at radius 3 is 2.84 bits per heavy atom. The molecule has 1 saturated heterocycles. The standard InChI is InChI=1S/C19H21N3O3/c1-13-6-5-9-17(20-13)21-19(24)15-10-18(23)22(12-15)11-14-7-3-4-8-16(14)25-2/h3-9,15H,10-12H2,1-2H3,(H,20,21,24)/t15-/m1/s1. The average Bonchev–Trinajstić information content (AvgIpc) is 2.96. The molecule has 1 aliphatic heterocycles. The third kappa shape index (κ3) is 3.96. The van der Waals surface area contributed by atoms with Gasteiger partial charge in [-0.05, 0) is 25.1 Å². The first-order valence-electron chi connectivity index (χ1n) is 8.21. The fourth-order valence-electron chi connectivity index (χ4n) is 2.98. The van der Waals surface area contributed by atoms with Gasteiger partial charge < -0.3 is 15.0 Å². The van der Waals surface area contributed by atoms with Gasteiger partial charge in [0, 0.05) is 30.8 Å². The van der Waals surface area contributed by atoms with E-state index in [0.717, 1.165) is 17.0 Å². The number of aromatic nitrogens is 1. The first-order valence-corrected chi connectivity index (χ1v) is 8.21. The van der Waals surface area contributed by atoms with E-state index in [0.29, 0.717) is 18.9 Å². The minimum atomic E-state index is -0.371. The zero-order chi connectivity index (χ0) is 17.8. The van der Waals surface area contributed by atoms with Gasteiger partial charge in [-0.15, -0.1) is 0 Å². The van der Waals surface area contributed by atoms with Gasteiger partial charge in [0.25, 0.3) is 0 Å². The van der Waals surface area contributed by atoms with Gasteiger partial charge >= 0.3 is 0 Å². The maximum atomic E-state index is 12.4. The van der Waals surface area contributed by atoms with Crippen LogP contribution >= 0.6 is 0 Å². The number of anilines is 1. The first-order chi connectivity index (χ1) is 12.1. The molecule has 6 heteroatoms. The molecule has 130 valence electrons. The lowest BCUT2D eigenvalue weighted by molar-refractivity contribution is -0.128. The van der Waals surface area contributed by atoms with Crippen LogP contribution in [-0.4, -0.2) is 35.4 Å². The summed E-state index contributed by atoms with van der Waals surface area (Å²) in [4.78, 5) is 30.7. The van der Waals surface area contributed by atoms with Crippen molar-refractivity contribution < 1.29 is 14.3 Å². The number of likely N-dealkylation sites (tertiary alicyclic amines) is 1. The number of ether oxygens (including phenoxy) is 1. The van der Waals surface area contributed by atoms with E-state index in [2.05, 4.69) is 10.3 Å². The molecule has 1 fully saturated rings. The van der Waals surface area contributed by atoms with E-state index in [4.69, 9.17) is 4.74 Å². The Kier molecular flexibility index (Phi) is 4.97. The molecule has 2 heterocycles. The zero-order valence-electron chi connectivity index (χ0n) is 14.4. The first kappa shape index (κ1) is 17.0. The molecule has 2 amide bonds. The number of carbonyl (C=O) groups is 2. The van der Waals surface area contributed by atoms with Crippen LogP contribution < -0.4 is 10.1 Å². The molecule has 6 nitrogen and oxygen atoms in total. The summed E-state index contributed by atoms with van der Waals surface area (Å²) in [5.41, 5.74) is 1.76. The Morgan fingerprint density at radius 1 is 1.28 bits per heavy atom. The highest BCUT2D eigenvalue weighted by Crippen LogP contribution is 2.25. The summed E-state index contributed by atoms with van der Waals surface area (Å²) in [6, 6.07) is 13.0. The molecule has 0 saturated carbocycles. The highest BCUT2D eigenvalue weighted by molar-refractivity contribution is 5.96. The fourth-order valence-corrected chi connectivity index (χ4v) is 2.98. The molecule has 1 aromatic carbocycles. The van der Waals surface area contributed by atoms with Crippen molar-refractivity contribution in [2.24, 2.45) is 5.92 Å². The minimum absolute atomic E-state index is 0.0248. The van der Waals surface area contributed by atoms with Crippen LogP contribution in [0.15, 0.2) is 42.5 Å². The lowest BCUT2D eigenvalue weighted by Crippen LogP contribution is -2.28. The lowest BCUT2D eigenvalue weighted by atomic mass is 10.1. The maximum Gasteiger partial charge on any atom is 0.230 e. The number of para-hydroxylation sites is 1. The van der Waals surface area contributed by atoms with Gasteiger partial charge in [0.2, 0.25) is 11.8 Å². The van der Waals surface area contributed by atoms with Gasteiger partial charge in [-0.3, -0.25) is 9.59 Å². The highest BCUT2D eigenvalue weighted by Gasteiger charge is 2.34. The molecular weight excluding hydrogens is 318 g/mol. The molecule has 1 atom stereocenters. The van der Waals surface area contributed by atoms with Crippen LogP contribution in [0.25, 0.3) is 0 Å². The van der Waals surface area contributed by atoms with Crippen molar-refractivity contribution in [2.75, 3.05) is 19.0 Å². The summed E-state index contributed by atoms with van der Waals surface area (Å²) >= 11 is 0. The van der Waals surface area contributed by atoms with E-state index < -0.39 is 0 Å². The summed E-state index contributed by atoms with van der Waals surface area (Å²) in [7, 11) is 1.61. The van der Waals surface area contributed by atoms with Crippen molar-refractivity contribution in [3.05, 3.63) is 53.7 Å². The summed E-state index contributed by atoms with van der Waals surface area (Å²) in [5, 5.41) is 2.80. The Balaban J connectivity index is 1.64. The largest absolute Gasteiger partial charge is 0.496 e. The fraction of sp³-hybridized carbons (Fsp3) is 0.316. The second-order valence-corrected chi connectivity index (χ2v) is 6.14. The van der Waals surface area contributed by atoms with Crippen LogP contribution in [0.4, 0.5) is 5.82 Å². The number of carbonyl (C=O) groups excluding carboxylic acids is 2. The van der Waals surface area contributed by atoms with Crippen molar-refractivity contribution in [1.29, 1.82) is 0 Å². The smallest absolute Gasteiger partial charge is 0.230 e. The van der Waals surface area contributed by atoms with Gasteiger partial charge in [0.1, 0.15) is 11.6 Å². The minimum Gasteiger partial charge on any atom is -0.496 e. The summed E-state index contributed by atoms with van der Waals surface area (Å²) in [6.45, 7) is 2.70. The number of pyridine rings is 1. The van der Waals surface area contributed by atoms with E-state index in [1.807, 2.05) is 43.3 Å². The van der Waals surface area contributed by atoms with Crippen LogP contribution in [0.1, 0.15) is 17.7 Å². The number of aryl methyl sites for hydroxylation is 1. The van der Waals surface area contributed by atoms with E-state index in [9.17, 15) is 9.59 Å². The Bertz CT molecular complexity index is 791. The Morgan fingerprint density at radius 2 is 2.08 bits per heavy atom. The van der Waals surface area contributed by atoms with Gasteiger partial charge in [0.05, 0.1) is 13.0 Å². The van der Waals surface area contributed by atoms with Crippen LogP contribution in [-0.2, 0) is 16.1 Å². The molecule has 0 aliphatic carbocycles. The molecular formula is C19H21N3O3. The van der Waals surface area contributed by atoms with Gasteiger partial charge in [-0.1, -0.05) is 24.3 Å². The van der Waals surface area contributed by atoms with E-state index in [1.165, 1.54) is 0 Å². The molecule has 2 aromatic rings. The number of nitrogens with one attached hydrogen (secondary N) is 1. The third-order valence-electron chi connectivity index (χ3n) is 4.28. The molecule has 0 spiro atoms. The SMILES string of the molecule is COc1ccccc1CN1C[C@H](C(=O)Nc2cccc(C)n2)CC1=O. The van der Waals surface area contributed by atoms with Crippen LogP contribution in [0.5, 0.6) is 5.75 Å². The Labute approximate surface area is 146 Å². The number of methoxy groups -OCH3 is 1. The molecule has 25 heavy (non-hydrogen) atoms. The van der Waals surface area contributed by atoms with Crippen LogP contribution in [0, 0.1) is 12.8 Å². The van der Waals surface area contributed by atoms with Crippen molar-refractivity contribution in [3.63, 3.8) is 0 Å². The van der Waals surface area contributed by atoms with E-state index >= 15 is 0 Å². The van der Waals surface area contributed by atoms with Gasteiger partial charge in [0.15, 0.2) is 0 Å². The average molecular weight is 339 g/mol. The van der Waals surface area contributed by atoms with E-state index in [-0.39, 0.29) is 24.2 Å². The monoisotopic (exact) mass is 339 g/mol. The third-order valence-corrected chi connectivity index (χ3v) is 4.28. The van der Waals surface area contributed by atoms with Crippen LogP contribution in [0.3, 0.4) is 0 Å². The second-order valence-electron chi connectivity index (χ2n) is 6.14. The van der Waals surface area contributed by atoms with Crippen molar-refractivity contribution in [2.45, 2.75) is 19.9 Å². The molecule has 1 N–H and O–H groups in total. The second kappa shape index (κ2) is 7.34. The molecule has 0 unspecified atom stereocenters. The number of hydrogen-bond donors (Lipinski definition) is 1. The summed E-state index contributed by atoms with van der Waals surface area (Å²) in [6.07, 6.45) is 0.215. The van der Waals surface area contributed by atoms with Gasteiger partial charge in [-0.2, -0.15) is 0 Å². The van der Waals surface area contributed by atoms with Crippen LogP contribution in [0.2, 0.25) is 0 Å². The normalized spacial score (nSPS) is 16.8. The molecule has 1 aromatic heterocycles. The molecule has 1 aliphatic rings. The topological polar surface area (TPSA) is 71.5 Å². The van der Waals surface area contributed by atoms with Crippen molar-refractivity contribution in [3.8, 4) is 5.75 Å². The predicted octanol–water partition coefficient (Wildman–Crippen LogP) is 2.39. The summed E-state index contributed by atoms with van der Waals surface area (Å²) < 4.78 is 5.33. The predicted molar refractivity (Wildman–Crippen MR) is 94.1 cm³/mol. The zero-order valence-corrected chi connectivity index (χ0v) is 14.4. The number of nitrogens with zero attached hydrogens (tertiary/aromatic N) is 2. The molecule has 0 radical (unpaired) electrons. The number of hydrogen-bond acceptors (Lipinski definition) is 4. The number of rotatable bonds is 5. The maximum absolute atomic E-state index is 12.4. The number of amides is 2. The quantitative estimate of drug-likeness (QED) is 0.908. The lowest BCUT2D eigenvalue weighted by Gasteiger charge is -2.18. The van der Waals surface area contributed by atoms with Crippen molar-refractivity contribution in [1.82, 2.24) is 9.88 Å². The Hall–Kier alpha value is -2.89. The highest BCUT2D eigenvalue weighted by atomic mass is 16.5. The van der Waals surface area contributed by atoms with Crippen molar-refractivity contribution >= 4 is 17.6 Å². The van der Waals surface area contributed by atoms with E-state index in [1.54, 1.807) is 18.1 Å². The van der Waals surface area contributed by atoms with Gasteiger partial charge in [-0.25, -0.2) is 4.98 Å². The summed E-state index contributed by atoms with van der Waals surface area (Å²) in [5.74, 6) is 0.689. The number of benzene rings is 1. The molecule has 3 rings (SSSR count).